The highest BCUT2D eigenvalue weighted by atomic mass is 19.1. The first-order valence-corrected chi connectivity index (χ1v) is 7.89. The van der Waals surface area contributed by atoms with E-state index in [4.69, 9.17) is 4.74 Å². The number of halogens is 1. The maximum Gasteiger partial charge on any atom is 0.285 e. The predicted octanol–water partition coefficient (Wildman–Crippen LogP) is 3.02. The second-order valence-corrected chi connectivity index (χ2v) is 6.07. The Hall–Kier alpha value is -2.96. The second kappa shape index (κ2) is 6.88. The molecule has 3 rings (SSSR count). The number of rotatable bonds is 4. The first-order valence-electron chi connectivity index (χ1n) is 7.89. The van der Waals surface area contributed by atoms with E-state index in [9.17, 15) is 19.3 Å². The quantitative estimate of drug-likeness (QED) is 0.683. The maximum absolute atomic E-state index is 13.6. The van der Waals surface area contributed by atoms with Gasteiger partial charge in [-0.2, -0.15) is 0 Å². The second-order valence-electron chi connectivity index (χ2n) is 6.07. The van der Waals surface area contributed by atoms with E-state index in [0.29, 0.717) is 13.2 Å². The van der Waals surface area contributed by atoms with Crippen LogP contribution in [0.5, 0.6) is 5.75 Å². The van der Waals surface area contributed by atoms with Crippen molar-refractivity contribution in [2.24, 2.45) is 5.92 Å². The Bertz CT molecular complexity index is 838. The Morgan fingerprint density at radius 2 is 2.16 bits per heavy atom. The number of nitrogens with zero attached hydrogens (tertiary/aromatic N) is 1. The van der Waals surface area contributed by atoms with E-state index < -0.39 is 16.6 Å². The summed E-state index contributed by atoms with van der Waals surface area (Å²) in [5.41, 5.74) is 0.537. The van der Waals surface area contributed by atoms with Gasteiger partial charge in [0.1, 0.15) is 17.1 Å². The molecule has 2 aromatic rings. The highest BCUT2D eigenvalue weighted by molar-refractivity contribution is 5.98. The summed E-state index contributed by atoms with van der Waals surface area (Å²) in [5.74, 6) is -0.453. The number of para-hydroxylation sites is 1. The zero-order valence-electron chi connectivity index (χ0n) is 13.6. The third kappa shape index (κ3) is 3.60. The number of ether oxygens (including phenoxy) is 1. The summed E-state index contributed by atoms with van der Waals surface area (Å²) in [7, 11) is 0. The van der Waals surface area contributed by atoms with Gasteiger partial charge in [-0.1, -0.05) is 18.2 Å². The third-order valence-electron chi connectivity index (χ3n) is 4.20. The van der Waals surface area contributed by atoms with Crippen LogP contribution in [0.4, 0.5) is 10.1 Å². The summed E-state index contributed by atoms with van der Waals surface area (Å²) in [4.78, 5) is 22.9. The highest BCUT2D eigenvalue weighted by Gasteiger charge is 2.26. The number of nitro benzene ring substituents is 1. The van der Waals surface area contributed by atoms with E-state index in [1.807, 2.05) is 24.3 Å². The largest absolute Gasteiger partial charge is 0.493 e. The minimum atomic E-state index is -0.678. The molecule has 1 aliphatic rings. The number of nitro groups is 1. The van der Waals surface area contributed by atoms with Crippen LogP contribution in [-0.2, 0) is 6.42 Å². The molecule has 0 saturated heterocycles. The minimum absolute atomic E-state index is 0.0487. The third-order valence-corrected chi connectivity index (χ3v) is 4.20. The first-order chi connectivity index (χ1) is 12.0. The van der Waals surface area contributed by atoms with Crippen LogP contribution in [0.15, 0.2) is 36.4 Å². The van der Waals surface area contributed by atoms with Crippen molar-refractivity contribution in [2.75, 3.05) is 13.2 Å². The van der Waals surface area contributed by atoms with Crippen LogP contribution < -0.4 is 10.1 Å². The molecule has 1 aliphatic heterocycles. The van der Waals surface area contributed by atoms with Crippen LogP contribution in [0, 0.1) is 28.8 Å². The van der Waals surface area contributed by atoms with Crippen molar-refractivity contribution in [3.05, 3.63) is 69.0 Å². The molecule has 0 unspecified atom stereocenters. The topological polar surface area (TPSA) is 81.5 Å². The highest BCUT2D eigenvalue weighted by Crippen LogP contribution is 2.27. The van der Waals surface area contributed by atoms with Gasteiger partial charge in [0.05, 0.1) is 11.5 Å². The lowest BCUT2D eigenvalue weighted by molar-refractivity contribution is -0.385. The molecule has 1 atom stereocenters. The molecule has 130 valence electrons. The van der Waals surface area contributed by atoms with Gasteiger partial charge in [-0.25, -0.2) is 4.39 Å². The molecule has 1 heterocycles. The molecular formula is C18H17FN2O4. The molecule has 0 fully saturated rings. The van der Waals surface area contributed by atoms with Gasteiger partial charge in [0, 0.05) is 18.0 Å². The molecule has 1 amide bonds. The number of hydrogen-bond acceptors (Lipinski definition) is 4. The Kier molecular flexibility index (Phi) is 4.65. The van der Waals surface area contributed by atoms with E-state index in [0.717, 1.165) is 29.9 Å². The Morgan fingerprint density at radius 1 is 1.40 bits per heavy atom. The van der Waals surface area contributed by atoms with Crippen LogP contribution in [0.2, 0.25) is 0 Å². The maximum atomic E-state index is 13.6. The van der Waals surface area contributed by atoms with Crippen LogP contribution in [-0.4, -0.2) is 24.0 Å². The summed E-state index contributed by atoms with van der Waals surface area (Å²) >= 11 is 0. The van der Waals surface area contributed by atoms with Gasteiger partial charge in [0.25, 0.3) is 11.6 Å². The van der Waals surface area contributed by atoms with E-state index in [2.05, 4.69) is 5.32 Å². The Morgan fingerprint density at radius 3 is 2.92 bits per heavy atom. The van der Waals surface area contributed by atoms with Crippen LogP contribution in [0.1, 0.15) is 21.5 Å². The molecule has 6 nitrogen and oxygen atoms in total. The minimum Gasteiger partial charge on any atom is -0.493 e. The van der Waals surface area contributed by atoms with Crippen molar-refractivity contribution in [3.63, 3.8) is 0 Å². The number of amides is 1. The van der Waals surface area contributed by atoms with Crippen LogP contribution >= 0.6 is 0 Å². The average Bonchev–Trinajstić information content (AvgIpc) is 2.58. The van der Waals surface area contributed by atoms with Crippen molar-refractivity contribution in [3.8, 4) is 5.75 Å². The molecule has 1 N–H and O–H groups in total. The molecule has 0 radical (unpaired) electrons. The SMILES string of the molecule is Cc1cc(F)cc(C(=O)NC[C@H]2COc3ccccc3C2)c1[N+](=O)[O-]. The van der Waals surface area contributed by atoms with Gasteiger partial charge in [-0.15, -0.1) is 0 Å². The lowest BCUT2D eigenvalue weighted by atomic mass is 9.96. The molecule has 2 aromatic carbocycles. The molecule has 0 saturated carbocycles. The van der Waals surface area contributed by atoms with Crippen molar-refractivity contribution in [1.82, 2.24) is 5.32 Å². The van der Waals surface area contributed by atoms with E-state index in [-0.39, 0.29) is 22.7 Å². The smallest absolute Gasteiger partial charge is 0.285 e. The van der Waals surface area contributed by atoms with Gasteiger partial charge in [-0.05, 0) is 37.1 Å². The fourth-order valence-electron chi connectivity index (χ4n) is 3.01. The molecule has 0 aliphatic carbocycles. The lowest BCUT2D eigenvalue weighted by Gasteiger charge is -2.25. The molecular weight excluding hydrogens is 327 g/mol. The molecule has 0 aromatic heterocycles. The predicted molar refractivity (Wildman–Crippen MR) is 89.3 cm³/mol. The summed E-state index contributed by atoms with van der Waals surface area (Å²) in [5, 5.41) is 13.8. The number of aryl methyl sites for hydroxylation is 1. The summed E-state index contributed by atoms with van der Waals surface area (Å²) in [6.07, 6.45) is 0.737. The zero-order chi connectivity index (χ0) is 18.0. The Labute approximate surface area is 143 Å². The van der Waals surface area contributed by atoms with Crippen molar-refractivity contribution < 1.29 is 18.8 Å². The van der Waals surface area contributed by atoms with Crippen LogP contribution in [0.25, 0.3) is 0 Å². The average molecular weight is 344 g/mol. The fourth-order valence-corrected chi connectivity index (χ4v) is 3.01. The monoisotopic (exact) mass is 344 g/mol. The van der Waals surface area contributed by atoms with Crippen molar-refractivity contribution in [1.29, 1.82) is 0 Å². The molecule has 7 heteroatoms. The standard InChI is InChI=1S/C18H17FN2O4/c1-11-6-14(19)8-15(17(11)21(23)24)18(22)20-9-12-7-13-4-2-3-5-16(13)25-10-12/h2-6,8,12H,7,9-10H2,1H3,(H,20,22)/t12-/m0/s1. The van der Waals surface area contributed by atoms with Gasteiger partial charge in [0.15, 0.2) is 0 Å². The molecule has 0 bridgehead atoms. The van der Waals surface area contributed by atoms with Gasteiger partial charge in [0.2, 0.25) is 0 Å². The number of fused-ring (bicyclic) bond motifs is 1. The van der Waals surface area contributed by atoms with E-state index in [1.54, 1.807) is 0 Å². The number of carbonyl (C=O) groups is 1. The molecule has 0 spiro atoms. The zero-order valence-corrected chi connectivity index (χ0v) is 13.6. The number of nitrogens with one attached hydrogen (secondary N) is 1. The first kappa shape index (κ1) is 16.9. The van der Waals surface area contributed by atoms with Gasteiger partial charge >= 0.3 is 0 Å². The van der Waals surface area contributed by atoms with E-state index in [1.165, 1.54) is 6.92 Å². The molecule has 25 heavy (non-hydrogen) atoms. The van der Waals surface area contributed by atoms with Crippen molar-refractivity contribution in [2.45, 2.75) is 13.3 Å². The summed E-state index contributed by atoms with van der Waals surface area (Å²) in [6, 6.07) is 9.61. The normalized spacial score (nSPS) is 15.8. The summed E-state index contributed by atoms with van der Waals surface area (Å²) in [6.45, 7) is 2.14. The van der Waals surface area contributed by atoms with E-state index >= 15 is 0 Å². The number of carbonyl (C=O) groups excluding carboxylic acids is 1. The lowest BCUT2D eigenvalue weighted by Crippen LogP contribution is -2.35. The van der Waals surface area contributed by atoms with Gasteiger partial charge in [-0.3, -0.25) is 14.9 Å². The van der Waals surface area contributed by atoms with Crippen molar-refractivity contribution >= 4 is 11.6 Å². The summed E-state index contributed by atoms with van der Waals surface area (Å²) < 4.78 is 19.2. The van der Waals surface area contributed by atoms with Gasteiger partial charge < -0.3 is 10.1 Å². The fraction of sp³-hybridized carbons (Fsp3) is 0.278. The Balaban J connectivity index is 1.71. The van der Waals surface area contributed by atoms with Crippen LogP contribution in [0.3, 0.4) is 0 Å². The number of benzene rings is 2. The number of hydrogen-bond donors (Lipinski definition) is 1.